The number of para-hydroxylation sites is 4. The molecule has 8 aromatic rings. The van der Waals surface area contributed by atoms with E-state index in [1.54, 1.807) is 12.1 Å². The molecule has 0 unspecified atom stereocenters. The van der Waals surface area contributed by atoms with Crippen molar-refractivity contribution in [3.05, 3.63) is 156 Å². The van der Waals surface area contributed by atoms with Gasteiger partial charge in [0.25, 0.3) is 12.7 Å². The first-order chi connectivity index (χ1) is 23.8. The number of rotatable bonds is 6. The van der Waals surface area contributed by atoms with Gasteiger partial charge in [0.1, 0.15) is 0 Å². The number of aromatic nitrogens is 4. The zero-order valence-corrected chi connectivity index (χ0v) is 28.1. The summed E-state index contributed by atoms with van der Waals surface area (Å²) in [6.45, 7) is 9.12. The zero-order chi connectivity index (χ0) is 33.8. The number of aryl methyl sites for hydroxylation is 4. The number of benzene rings is 6. The van der Waals surface area contributed by atoms with E-state index in [0.29, 0.717) is 18.0 Å². The third-order valence-electron chi connectivity index (χ3n) is 9.73. The van der Waals surface area contributed by atoms with Crippen LogP contribution in [0, 0.1) is 27.7 Å². The van der Waals surface area contributed by atoms with Crippen molar-refractivity contribution in [2.24, 2.45) is 0 Å². The molecule has 0 atom stereocenters. The van der Waals surface area contributed by atoms with Gasteiger partial charge < -0.3 is 10.2 Å². The Morgan fingerprint density at radius 1 is 0.469 bits per heavy atom. The summed E-state index contributed by atoms with van der Waals surface area (Å²) in [4.78, 5) is 0. The van der Waals surface area contributed by atoms with E-state index in [2.05, 4.69) is 131 Å². The van der Waals surface area contributed by atoms with E-state index < -0.39 is 0 Å². The van der Waals surface area contributed by atoms with Crippen molar-refractivity contribution in [3.8, 4) is 45.1 Å². The number of hydrogen-bond donors (Lipinski definition) is 2. The van der Waals surface area contributed by atoms with Gasteiger partial charge in [-0.2, -0.15) is 18.3 Å². The number of aromatic hydroxyl groups is 2. The first-order valence-corrected chi connectivity index (χ1v) is 16.6. The molecule has 0 saturated heterocycles. The van der Waals surface area contributed by atoms with E-state index in [9.17, 15) is 10.2 Å². The molecule has 0 spiro atoms. The van der Waals surface area contributed by atoms with Gasteiger partial charge in [-0.1, -0.05) is 60.7 Å². The molecule has 6 aromatic carbocycles. The third-order valence-corrected chi connectivity index (χ3v) is 9.73. The minimum absolute atomic E-state index is 0.215. The number of phenolic OH excluding ortho intramolecular Hbond substituents is 2. The fourth-order valence-electron chi connectivity index (χ4n) is 7.40. The Balaban J connectivity index is 1.37. The van der Waals surface area contributed by atoms with Crippen LogP contribution in [0.25, 0.3) is 55.7 Å². The summed E-state index contributed by atoms with van der Waals surface area (Å²) in [5.41, 5.74) is 15.1. The summed E-state index contributed by atoms with van der Waals surface area (Å²) >= 11 is 0. The predicted molar refractivity (Wildman–Crippen MR) is 195 cm³/mol. The van der Waals surface area contributed by atoms with Crippen LogP contribution in [-0.4, -0.2) is 19.3 Å². The first kappa shape index (κ1) is 30.2. The van der Waals surface area contributed by atoms with E-state index in [1.165, 1.54) is 33.4 Å². The van der Waals surface area contributed by atoms with Gasteiger partial charge >= 0.3 is 0 Å². The van der Waals surface area contributed by atoms with Crippen LogP contribution in [0.2, 0.25) is 0 Å². The highest BCUT2D eigenvalue weighted by Gasteiger charge is 2.26. The molecule has 0 saturated carbocycles. The molecule has 2 heterocycles. The second kappa shape index (κ2) is 11.8. The fraction of sp³-hybridized carbons (Fsp3) is 0.116. The molecule has 0 fully saturated rings. The second-order valence-electron chi connectivity index (χ2n) is 13.0. The normalized spacial score (nSPS) is 11.5. The summed E-state index contributed by atoms with van der Waals surface area (Å²) in [5.74, 6) is 0.430. The van der Waals surface area contributed by atoms with Crippen LogP contribution < -0.4 is 9.13 Å². The lowest BCUT2D eigenvalue weighted by molar-refractivity contribution is -0.570. The molecule has 0 amide bonds. The lowest BCUT2D eigenvalue weighted by Gasteiger charge is -2.10. The van der Waals surface area contributed by atoms with Gasteiger partial charge in [-0.3, -0.25) is 0 Å². The molecule has 0 aliphatic rings. The Morgan fingerprint density at radius 2 is 0.857 bits per heavy atom. The Hall–Kier alpha value is -6.14. The van der Waals surface area contributed by atoms with Crippen molar-refractivity contribution >= 4 is 22.1 Å². The number of fused-ring (bicyclic) bond motifs is 2. The maximum Gasteiger partial charge on any atom is 0.253 e. The Morgan fingerprint density at radius 3 is 1.24 bits per heavy atom. The quantitative estimate of drug-likeness (QED) is 0.179. The maximum atomic E-state index is 10.9. The summed E-state index contributed by atoms with van der Waals surface area (Å²) in [5, 5.41) is 21.9. The Labute approximate surface area is 285 Å². The van der Waals surface area contributed by atoms with Crippen molar-refractivity contribution in [3.63, 3.8) is 0 Å². The molecule has 0 radical (unpaired) electrons. The zero-order valence-electron chi connectivity index (χ0n) is 28.1. The molecule has 0 aliphatic carbocycles. The lowest BCUT2D eigenvalue weighted by atomic mass is 9.95. The third kappa shape index (κ3) is 5.13. The average molecular weight is 643 g/mol. The minimum atomic E-state index is 0.215. The summed E-state index contributed by atoms with van der Waals surface area (Å²) in [7, 11) is 0. The molecule has 0 aliphatic heterocycles. The largest absolute Gasteiger partial charge is 0.504 e. The van der Waals surface area contributed by atoms with Gasteiger partial charge in [0.2, 0.25) is 6.67 Å². The van der Waals surface area contributed by atoms with Crippen molar-refractivity contribution in [1.82, 2.24) is 9.13 Å². The summed E-state index contributed by atoms with van der Waals surface area (Å²) < 4.78 is 8.59. The molecule has 8 rings (SSSR count). The highest BCUT2D eigenvalue weighted by Crippen LogP contribution is 2.33. The molecular formula is C43H38N4O2+2. The molecule has 240 valence electrons. The van der Waals surface area contributed by atoms with Gasteiger partial charge in [0, 0.05) is 0 Å². The second-order valence-corrected chi connectivity index (χ2v) is 13.0. The molecule has 6 heteroatoms. The minimum Gasteiger partial charge on any atom is -0.504 e. The van der Waals surface area contributed by atoms with Crippen LogP contribution in [0.15, 0.2) is 134 Å². The van der Waals surface area contributed by atoms with E-state index >= 15 is 0 Å². The first-order valence-electron chi connectivity index (χ1n) is 16.6. The van der Waals surface area contributed by atoms with Gasteiger partial charge in [-0.05, 0) is 133 Å². The van der Waals surface area contributed by atoms with E-state index in [4.69, 9.17) is 0 Å². The highest BCUT2D eigenvalue weighted by atomic mass is 16.3. The topological polar surface area (TPSA) is 58.1 Å². The fourth-order valence-corrected chi connectivity index (χ4v) is 7.40. The van der Waals surface area contributed by atoms with Gasteiger partial charge in [-0.15, -0.1) is 0 Å². The molecular weight excluding hydrogens is 604 g/mol. The monoisotopic (exact) mass is 642 g/mol. The number of hydrogen-bond acceptors (Lipinski definition) is 2. The Bertz CT molecular complexity index is 2340. The molecule has 0 bridgehead atoms. The lowest BCUT2D eigenvalue weighted by Crippen LogP contribution is -2.30. The van der Waals surface area contributed by atoms with Crippen LogP contribution in [0.5, 0.6) is 11.5 Å². The smallest absolute Gasteiger partial charge is 0.253 e. The van der Waals surface area contributed by atoms with Crippen molar-refractivity contribution < 1.29 is 19.3 Å². The average Bonchev–Trinajstić information content (AvgIpc) is 3.63. The van der Waals surface area contributed by atoms with Crippen molar-refractivity contribution in [1.29, 1.82) is 0 Å². The van der Waals surface area contributed by atoms with E-state index in [-0.39, 0.29) is 11.5 Å². The highest BCUT2D eigenvalue weighted by molar-refractivity contribution is 5.84. The van der Waals surface area contributed by atoms with Crippen LogP contribution >= 0.6 is 0 Å². The van der Waals surface area contributed by atoms with E-state index in [0.717, 1.165) is 33.2 Å². The van der Waals surface area contributed by atoms with E-state index in [1.807, 2.05) is 36.4 Å². The van der Waals surface area contributed by atoms with Gasteiger partial charge in [0.05, 0.1) is 0 Å². The SMILES string of the molecule is Cc1cccc(C)c1-c1ccc2c(c1)n(Cn1c[n+](-c3ccccc3O)c3ccc(-c4c(C)cccc4C)cc31)c[n+]2-c1ccccc1O. The molecule has 6 nitrogen and oxygen atoms in total. The van der Waals surface area contributed by atoms with Crippen LogP contribution in [-0.2, 0) is 6.67 Å². The van der Waals surface area contributed by atoms with Crippen molar-refractivity contribution in [2.45, 2.75) is 34.4 Å². The molecule has 49 heavy (non-hydrogen) atoms. The van der Waals surface area contributed by atoms with Crippen molar-refractivity contribution in [2.75, 3.05) is 0 Å². The van der Waals surface area contributed by atoms with Crippen LogP contribution in [0.3, 0.4) is 0 Å². The molecule has 2 aromatic heterocycles. The summed E-state index contributed by atoms with van der Waals surface area (Å²) in [6.07, 6.45) is 4.14. The maximum absolute atomic E-state index is 10.9. The van der Waals surface area contributed by atoms with Gasteiger partial charge in [-0.25, -0.2) is 0 Å². The number of imidazole rings is 2. The summed E-state index contributed by atoms with van der Waals surface area (Å²) in [6, 6.07) is 40.9. The standard InChI is InChI=1S/C43H36N4O2/c1-28-11-9-12-29(2)42(28)32-19-21-34-38(23-32)44(26-46(34)36-15-5-7-17-40(36)48)25-45-27-47(37-16-6-8-18-41(37)49)35-22-20-33(24-39(35)45)43-30(3)13-10-14-31(43)4/h5-24,26-27H,25H2,1-4H3/p+2. The predicted octanol–water partition coefficient (Wildman–Crippen LogP) is 8.63. The Kier molecular flexibility index (Phi) is 7.29. The molecule has 2 N–H and O–H groups in total. The van der Waals surface area contributed by atoms with Crippen LogP contribution in [0.4, 0.5) is 0 Å². The van der Waals surface area contributed by atoms with Crippen LogP contribution in [0.1, 0.15) is 22.3 Å². The van der Waals surface area contributed by atoms with Gasteiger partial charge in [0.15, 0.2) is 44.9 Å². The number of nitrogens with zero attached hydrogens (tertiary/aromatic N) is 4. The number of phenols is 2.